The Balaban J connectivity index is 1.77. The topological polar surface area (TPSA) is 59.0 Å². The third kappa shape index (κ3) is 1.70. The Labute approximate surface area is 93.8 Å². The van der Waals surface area contributed by atoms with Gasteiger partial charge in [0.05, 0.1) is 24.5 Å². The lowest BCUT2D eigenvalue weighted by atomic mass is 10.00. The molecule has 16 heavy (non-hydrogen) atoms. The molecule has 0 aliphatic carbocycles. The minimum absolute atomic E-state index is 0.109. The number of nitrogens with one attached hydrogen (secondary N) is 2. The van der Waals surface area contributed by atoms with Crippen LogP contribution in [0.15, 0.2) is 4.79 Å². The molecule has 5 nitrogen and oxygen atoms in total. The van der Waals surface area contributed by atoms with Gasteiger partial charge in [-0.1, -0.05) is 0 Å². The molecule has 1 atom stereocenters. The Hall–Kier alpha value is -1.07. The molecule has 88 valence electrons. The van der Waals surface area contributed by atoms with Crippen molar-refractivity contribution < 1.29 is 4.74 Å². The highest BCUT2D eigenvalue weighted by molar-refractivity contribution is 5.18. The van der Waals surface area contributed by atoms with Gasteiger partial charge in [0.1, 0.15) is 0 Å². The first-order valence-electron chi connectivity index (χ1n) is 5.93. The van der Waals surface area contributed by atoms with Crippen molar-refractivity contribution in [3.05, 3.63) is 21.6 Å². The number of aromatic nitrogens is 2. The molecular weight excluding hydrogens is 206 g/mol. The fourth-order valence-corrected chi connectivity index (χ4v) is 2.56. The summed E-state index contributed by atoms with van der Waals surface area (Å²) in [5, 5.41) is 6.53. The van der Waals surface area contributed by atoms with Gasteiger partial charge in [-0.3, -0.25) is 14.6 Å². The molecule has 1 unspecified atom stereocenters. The van der Waals surface area contributed by atoms with Gasteiger partial charge in [-0.2, -0.15) is 0 Å². The maximum atomic E-state index is 12.0. The molecule has 0 bridgehead atoms. The average molecular weight is 223 g/mol. The van der Waals surface area contributed by atoms with Crippen molar-refractivity contribution >= 4 is 0 Å². The van der Waals surface area contributed by atoms with Crippen LogP contribution >= 0.6 is 0 Å². The highest BCUT2D eigenvalue weighted by atomic mass is 16.5. The number of hydrogen-bond acceptors (Lipinski definition) is 3. The highest BCUT2D eigenvalue weighted by Gasteiger charge is 2.21. The number of aromatic amines is 1. The van der Waals surface area contributed by atoms with Crippen molar-refractivity contribution in [2.45, 2.75) is 32.6 Å². The van der Waals surface area contributed by atoms with E-state index in [0.717, 1.165) is 30.9 Å². The number of H-pyrrole nitrogens is 1. The second-order valence-electron chi connectivity index (χ2n) is 4.69. The van der Waals surface area contributed by atoms with Gasteiger partial charge in [0, 0.05) is 6.54 Å². The summed E-state index contributed by atoms with van der Waals surface area (Å²) < 4.78 is 6.98. The van der Waals surface area contributed by atoms with Gasteiger partial charge in [0.25, 0.3) is 5.56 Å². The molecule has 1 saturated heterocycles. The number of hydrogen-bond donors (Lipinski definition) is 2. The molecule has 0 saturated carbocycles. The molecule has 1 aromatic heterocycles. The zero-order valence-corrected chi connectivity index (χ0v) is 9.29. The minimum atomic E-state index is 0.109. The highest BCUT2D eigenvalue weighted by Crippen LogP contribution is 2.15. The van der Waals surface area contributed by atoms with Crippen LogP contribution < -0.4 is 10.9 Å². The van der Waals surface area contributed by atoms with Gasteiger partial charge in [-0.15, -0.1) is 0 Å². The van der Waals surface area contributed by atoms with Crippen LogP contribution in [0.3, 0.4) is 0 Å². The first kappa shape index (κ1) is 10.1. The van der Waals surface area contributed by atoms with E-state index >= 15 is 0 Å². The number of fused-ring (bicyclic) bond motifs is 1. The molecule has 3 rings (SSSR count). The van der Waals surface area contributed by atoms with E-state index in [-0.39, 0.29) is 5.56 Å². The van der Waals surface area contributed by atoms with E-state index in [1.165, 1.54) is 12.8 Å². The molecule has 0 radical (unpaired) electrons. The van der Waals surface area contributed by atoms with Crippen LogP contribution in [0.2, 0.25) is 0 Å². The summed E-state index contributed by atoms with van der Waals surface area (Å²) in [6.07, 6.45) is 2.42. The zero-order chi connectivity index (χ0) is 11.0. The van der Waals surface area contributed by atoms with E-state index < -0.39 is 0 Å². The number of nitrogens with zero attached hydrogens (tertiary/aromatic N) is 1. The quantitative estimate of drug-likeness (QED) is 0.753. The van der Waals surface area contributed by atoms with E-state index in [9.17, 15) is 4.79 Å². The average Bonchev–Trinajstić information content (AvgIpc) is 2.86. The van der Waals surface area contributed by atoms with E-state index in [0.29, 0.717) is 19.1 Å². The fourth-order valence-electron chi connectivity index (χ4n) is 2.56. The second kappa shape index (κ2) is 4.07. The van der Waals surface area contributed by atoms with Crippen molar-refractivity contribution in [2.75, 3.05) is 13.1 Å². The predicted octanol–water partition coefficient (Wildman–Crippen LogP) is 0.206. The molecule has 3 heterocycles. The van der Waals surface area contributed by atoms with Crippen LogP contribution in [0.25, 0.3) is 0 Å². The fraction of sp³-hybridized carbons (Fsp3) is 0.727. The second-order valence-corrected chi connectivity index (χ2v) is 4.69. The van der Waals surface area contributed by atoms with Gasteiger partial charge in [-0.25, -0.2) is 0 Å². The molecule has 2 aliphatic rings. The van der Waals surface area contributed by atoms with Crippen LogP contribution in [-0.2, 0) is 24.5 Å². The van der Waals surface area contributed by atoms with Crippen LogP contribution in [-0.4, -0.2) is 22.9 Å². The van der Waals surface area contributed by atoms with Gasteiger partial charge in [-0.05, 0) is 31.8 Å². The predicted molar refractivity (Wildman–Crippen MR) is 59.1 cm³/mol. The Morgan fingerprint density at radius 2 is 2.38 bits per heavy atom. The van der Waals surface area contributed by atoms with Gasteiger partial charge in [0.15, 0.2) is 0 Å². The number of ether oxygens (including phenoxy) is 1. The molecule has 1 aromatic rings. The Morgan fingerprint density at radius 1 is 1.44 bits per heavy atom. The van der Waals surface area contributed by atoms with Crippen molar-refractivity contribution in [3.8, 4) is 0 Å². The van der Waals surface area contributed by atoms with Crippen LogP contribution in [0, 0.1) is 5.92 Å². The first-order chi connectivity index (χ1) is 7.84. The summed E-state index contributed by atoms with van der Waals surface area (Å²) in [6.45, 7) is 3.97. The molecule has 0 amide bonds. The first-order valence-corrected chi connectivity index (χ1v) is 5.93. The van der Waals surface area contributed by atoms with Gasteiger partial charge >= 0.3 is 0 Å². The Bertz CT molecular complexity index is 429. The maximum absolute atomic E-state index is 12.0. The summed E-state index contributed by atoms with van der Waals surface area (Å²) in [7, 11) is 0. The van der Waals surface area contributed by atoms with Crippen LogP contribution in [0.5, 0.6) is 0 Å². The number of piperidine rings is 1. The maximum Gasteiger partial charge on any atom is 0.272 e. The Kier molecular flexibility index (Phi) is 2.57. The summed E-state index contributed by atoms with van der Waals surface area (Å²) >= 11 is 0. The van der Waals surface area contributed by atoms with Crippen molar-refractivity contribution in [1.29, 1.82) is 0 Å². The summed E-state index contributed by atoms with van der Waals surface area (Å²) in [6, 6.07) is 0. The molecule has 0 spiro atoms. The van der Waals surface area contributed by atoms with Crippen molar-refractivity contribution in [2.24, 2.45) is 5.92 Å². The van der Waals surface area contributed by atoms with Crippen LogP contribution in [0.1, 0.15) is 24.1 Å². The summed E-state index contributed by atoms with van der Waals surface area (Å²) in [4.78, 5) is 12.0. The lowest BCUT2D eigenvalue weighted by molar-refractivity contribution is 0.129. The number of rotatable bonds is 2. The summed E-state index contributed by atoms with van der Waals surface area (Å²) in [5.41, 5.74) is 1.90. The Morgan fingerprint density at radius 3 is 3.12 bits per heavy atom. The molecule has 2 aliphatic heterocycles. The van der Waals surface area contributed by atoms with E-state index in [1.807, 2.05) is 0 Å². The summed E-state index contributed by atoms with van der Waals surface area (Å²) in [5.74, 6) is 0.575. The monoisotopic (exact) mass is 223 g/mol. The van der Waals surface area contributed by atoms with Gasteiger partial charge in [0.2, 0.25) is 0 Å². The zero-order valence-electron chi connectivity index (χ0n) is 9.29. The molecule has 5 heteroatoms. The smallest absolute Gasteiger partial charge is 0.272 e. The SMILES string of the molecule is O=c1c2c([nH]n1CC1CCCNC1)COC2. The van der Waals surface area contributed by atoms with Gasteiger partial charge < -0.3 is 10.1 Å². The van der Waals surface area contributed by atoms with E-state index in [2.05, 4.69) is 10.4 Å². The lowest BCUT2D eigenvalue weighted by Crippen LogP contribution is -2.34. The van der Waals surface area contributed by atoms with Crippen molar-refractivity contribution in [3.63, 3.8) is 0 Å². The largest absolute Gasteiger partial charge is 0.370 e. The molecule has 1 fully saturated rings. The normalized spacial score (nSPS) is 24.6. The van der Waals surface area contributed by atoms with E-state index in [4.69, 9.17) is 4.74 Å². The lowest BCUT2D eigenvalue weighted by Gasteiger charge is -2.22. The van der Waals surface area contributed by atoms with E-state index in [1.54, 1.807) is 4.68 Å². The standard InChI is InChI=1S/C11H17N3O2/c15-11-9-6-16-7-10(9)13-14(11)5-8-2-1-3-12-4-8/h8,12-13H,1-7H2. The van der Waals surface area contributed by atoms with Crippen LogP contribution in [0.4, 0.5) is 0 Å². The third-order valence-electron chi connectivity index (χ3n) is 3.47. The third-order valence-corrected chi connectivity index (χ3v) is 3.47. The molecule has 2 N–H and O–H groups in total. The minimum Gasteiger partial charge on any atom is -0.370 e. The molecule has 0 aromatic carbocycles. The van der Waals surface area contributed by atoms with Crippen molar-refractivity contribution in [1.82, 2.24) is 15.1 Å². The molecular formula is C11H17N3O2.